The molecule has 12 heteroatoms. The first-order valence-electron chi connectivity index (χ1n) is 14.4. The monoisotopic (exact) mass is 618 g/mol. The van der Waals surface area contributed by atoms with E-state index in [9.17, 15) is 14.7 Å². The Morgan fingerprint density at radius 2 is 1.70 bits per heavy atom. The number of hydrogen-bond donors (Lipinski definition) is 1. The fraction of sp³-hybridized carbons (Fsp3) is 0.516. The minimum atomic E-state index is -0.860. The van der Waals surface area contributed by atoms with Gasteiger partial charge in [0.25, 0.3) is 0 Å². The molecule has 0 unspecified atom stereocenters. The number of carbonyl (C=O) groups is 2. The van der Waals surface area contributed by atoms with Crippen LogP contribution in [0.4, 0.5) is 10.1 Å². The van der Waals surface area contributed by atoms with E-state index in [-0.39, 0.29) is 54.6 Å². The summed E-state index contributed by atoms with van der Waals surface area (Å²) in [6.07, 6.45) is 0. The van der Waals surface area contributed by atoms with Gasteiger partial charge in [0.05, 0.1) is 44.7 Å². The molecule has 4 rings (SSSR count). The van der Waals surface area contributed by atoms with Crippen LogP contribution in [0.15, 0.2) is 22.7 Å². The summed E-state index contributed by atoms with van der Waals surface area (Å²) in [5.41, 5.74) is 2.57. The molecule has 0 saturated carbocycles. The number of hydrogen-bond acceptors (Lipinski definition) is 8. The number of fused-ring (bicyclic) bond motifs is 1. The zero-order valence-electron chi connectivity index (χ0n) is 25.6. The van der Waals surface area contributed by atoms with Gasteiger partial charge >= 0.3 is 5.97 Å². The maximum atomic E-state index is 15.7. The molecule has 1 saturated heterocycles. The van der Waals surface area contributed by atoms with Crippen LogP contribution in [-0.2, 0) is 16.8 Å². The molecule has 0 amide bonds. The van der Waals surface area contributed by atoms with Gasteiger partial charge in [0.1, 0.15) is 5.75 Å². The number of carboxylic acids is 1. The minimum absolute atomic E-state index is 0.00726. The molecule has 0 bridgehead atoms. The molecule has 0 spiro atoms. The molecule has 2 heterocycles. The molecule has 2 aromatic rings. The first-order valence-corrected chi connectivity index (χ1v) is 14.8. The van der Waals surface area contributed by atoms with Gasteiger partial charge in [-0.15, -0.1) is 0 Å². The number of piperazine rings is 1. The molecule has 43 heavy (non-hydrogen) atoms. The van der Waals surface area contributed by atoms with E-state index in [1.807, 2.05) is 24.0 Å². The van der Waals surface area contributed by atoms with E-state index in [0.717, 1.165) is 11.3 Å². The number of nitrogens with zero attached hydrogens (tertiary/aromatic N) is 4. The second kappa shape index (κ2) is 13.4. The average molecular weight is 619 g/mol. The van der Waals surface area contributed by atoms with Crippen LogP contribution in [0.3, 0.4) is 0 Å². The van der Waals surface area contributed by atoms with Crippen molar-refractivity contribution < 1.29 is 33.3 Å². The summed E-state index contributed by atoms with van der Waals surface area (Å²) in [6, 6.07) is 5.39. The molecule has 10 nitrogen and oxygen atoms in total. The maximum Gasteiger partial charge on any atom is 0.317 e. The molecule has 1 fully saturated rings. The standard InChI is InChI=1S/C31H40ClFN4O6/c1-7-42-24-15-20-16-37(30(34-32)26(20)27(33)29(24)43-8-2)17-23(38)19-13-21(31(3,4)5)28(41-6)22(14-19)36-11-9-35(10-12-36)18-25(39)40/h13-15H,7-12,16-18H2,1-6H3,(H,39,40). The Labute approximate surface area is 257 Å². The lowest BCUT2D eigenvalue weighted by atomic mass is 9.84. The number of carboxylic acid groups (broad SMARTS) is 1. The van der Waals surface area contributed by atoms with Crippen LogP contribution < -0.4 is 19.1 Å². The second-order valence-electron chi connectivity index (χ2n) is 11.6. The summed E-state index contributed by atoms with van der Waals surface area (Å²) in [6.45, 7) is 12.7. The molecule has 1 N–H and O–H groups in total. The quantitative estimate of drug-likeness (QED) is 0.358. The molecule has 0 radical (unpaired) electrons. The van der Waals surface area contributed by atoms with Gasteiger partial charge in [-0.1, -0.05) is 20.8 Å². The highest BCUT2D eigenvalue weighted by atomic mass is 35.5. The third-order valence-corrected chi connectivity index (χ3v) is 7.79. The van der Waals surface area contributed by atoms with Crippen LogP contribution in [0.25, 0.3) is 0 Å². The molecule has 0 atom stereocenters. The van der Waals surface area contributed by atoms with Crippen LogP contribution >= 0.6 is 11.8 Å². The van der Waals surface area contributed by atoms with Gasteiger partial charge in [-0.25, -0.2) is 4.39 Å². The normalized spacial score (nSPS) is 16.4. The maximum absolute atomic E-state index is 15.7. The van der Waals surface area contributed by atoms with Crippen molar-refractivity contribution in [3.05, 3.63) is 46.3 Å². The van der Waals surface area contributed by atoms with Crippen molar-refractivity contribution in [1.29, 1.82) is 0 Å². The molecule has 234 valence electrons. The Balaban J connectivity index is 1.67. The van der Waals surface area contributed by atoms with E-state index in [1.165, 1.54) is 0 Å². The highest BCUT2D eigenvalue weighted by Gasteiger charge is 2.35. The SMILES string of the molecule is CCOc1cc2c(c(F)c1OCC)C(=NCl)N(CC(=O)c1cc(N3CCN(CC(=O)O)CC3)c(OC)c(C(C)(C)C)c1)C2. The Kier molecular flexibility index (Phi) is 10.1. The van der Waals surface area contributed by atoms with Crippen molar-refractivity contribution in [2.75, 3.05) is 64.5 Å². The topological polar surface area (TPSA) is 104 Å². The van der Waals surface area contributed by atoms with Crippen molar-refractivity contribution in [1.82, 2.24) is 9.80 Å². The van der Waals surface area contributed by atoms with Crippen molar-refractivity contribution in [2.45, 2.75) is 46.6 Å². The highest BCUT2D eigenvalue weighted by Crippen LogP contribution is 2.42. The van der Waals surface area contributed by atoms with Gasteiger partial charge in [-0.2, -0.15) is 4.51 Å². The first-order chi connectivity index (χ1) is 20.4. The van der Waals surface area contributed by atoms with E-state index in [0.29, 0.717) is 55.4 Å². The van der Waals surface area contributed by atoms with Crippen LogP contribution in [0.1, 0.15) is 61.7 Å². The number of halogens is 2. The van der Waals surface area contributed by atoms with E-state index in [4.69, 9.17) is 26.0 Å². The first kappa shape index (κ1) is 32.3. The lowest BCUT2D eigenvalue weighted by Crippen LogP contribution is -2.48. The number of Topliss-reactive ketones (excluding diaryl/α,β-unsaturated/α-hetero) is 1. The predicted molar refractivity (Wildman–Crippen MR) is 164 cm³/mol. The van der Waals surface area contributed by atoms with E-state index in [1.54, 1.807) is 25.0 Å². The molecular formula is C31H40ClFN4O6. The van der Waals surface area contributed by atoms with Gasteiger partial charge in [-0.3, -0.25) is 14.5 Å². The van der Waals surface area contributed by atoms with Crippen molar-refractivity contribution in [2.24, 2.45) is 4.51 Å². The molecular weight excluding hydrogens is 579 g/mol. The Morgan fingerprint density at radius 3 is 2.26 bits per heavy atom. The Morgan fingerprint density at radius 1 is 1.02 bits per heavy atom. The van der Waals surface area contributed by atoms with Crippen LogP contribution in [-0.4, -0.2) is 92.1 Å². The molecule has 2 aliphatic rings. The number of ketones is 1. The molecule has 2 aliphatic heterocycles. The number of amidine groups is 1. The summed E-state index contributed by atoms with van der Waals surface area (Å²) in [7, 11) is 1.61. The molecule has 0 aliphatic carbocycles. The summed E-state index contributed by atoms with van der Waals surface area (Å²) in [5, 5.41) is 9.19. The second-order valence-corrected chi connectivity index (χ2v) is 11.8. The number of benzene rings is 2. The largest absolute Gasteiger partial charge is 0.494 e. The smallest absolute Gasteiger partial charge is 0.317 e. The fourth-order valence-electron chi connectivity index (χ4n) is 5.62. The van der Waals surface area contributed by atoms with Crippen LogP contribution in [0.2, 0.25) is 0 Å². The Hall–Kier alpha value is -3.57. The van der Waals surface area contributed by atoms with Crippen molar-refractivity contribution in [3.8, 4) is 17.2 Å². The Bertz CT molecular complexity index is 1400. The summed E-state index contributed by atoms with van der Waals surface area (Å²) in [4.78, 5) is 30.8. The van der Waals surface area contributed by atoms with Crippen molar-refractivity contribution >= 4 is 35.1 Å². The zero-order chi connectivity index (χ0) is 31.5. The third-order valence-electron chi connectivity index (χ3n) is 7.63. The number of ether oxygens (including phenoxy) is 3. The molecule has 0 aromatic heterocycles. The minimum Gasteiger partial charge on any atom is -0.494 e. The van der Waals surface area contributed by atoms with Crippen LogP contribution in [0, 0.1) is 5.82 Å². The summed E-state index contributed by atoms with van der Waals surface area (Å²) in [5.74, 6) is -0.554. The van der Waals surface area contributed by atoms with Gasteiger partial charge in [0.15, 0.2) is 28.9 Å². The van der Waals surface area contributed by atoms with E-state index >= 15 is 4.39 Å². The van der Waals surface area contributed by atoms with Gasteiger partial charge in [0.2, 0.25) is 0 Å². The number of aliphatic carboxylic acids is 1. The fourth-order valence-corrected chi connectivity index (χ4v) is 5.81. The van der Waals surface area contributed by atoms with Gasteiger partial charge < -0.3 is 29.1 Å². The van der Waals surface area contributed by atoms with Gasteiger partial charge in [-0.05, 0) is 43.0 Å². The summed E-state index contributed by atoms with van der Waals surface area (Å²) >= 11 is 5.99. The molecule has 2 aromatic carbocycles. The summed E-state index contributed by atoms with van der Waals surface area (Å²) < 4.78 is 36.7. The lowest BCUT2D eigenvalue weighted by molar-refractivity contribution is -0.138. The average Bonchev–Trinajstić information content (AvgIpc) is 3.31. The van der Waals surface area contributed by atoms with E-state index < -0.39 is 11.8 Å². The zero-order valence-corrected chi connectivity index (χ0v) is 26.4. The lowest BCUT2D eigenvalue weighted by Gasteiger charge is -2.37. The third kappa shape index (κ3) is 6.83. The highest BCUT2D eigenvalue weighted by molar-refractivity contribution is 6.23. The van der Waals surface area contributed by atoms with E-state index in [2.05, 4.69) is 30.2 Å². The van der Waals surface area contributed by atoms with Crippen LogP contribution in [0.5, 0.6) is 17.2 Å². The predicted octanol–water partition coefficient (Wildman–Crippen LogP) is 4.73. The number of anilines is 1. The number of carbonyl (C=O) groups excluding carboxylic acids is 1. The number of rotatable bonds is 11. The number of methoxy groups -OCH3 is 1. The van der Waals surface area contributed by atoms with Gasteiger partial charge in [0, 0.05) is 55.6 Å². The van der Waals surface area contributed by atoms with Crippen molar-refractivity contribution in [3.63, 3.8) is 0 Å².